The van der Waals surface area contributed by atoms with Crippen LogP contribution in [0.15, 0.2) is 30.5 Å². The van der Waals surface area contributed by atoms with E-state index >= 15 is 0 Å². The molecule has 0 bridgehead atoms. The average Bonchev–Trinajstić information content (AvgIpc) is 2.72. The van der Waals surface area contributed by atoms with Gasteiger partial charge < -0.3 is 5.32 Å². The maximum atomic E-state index is 13.7. The van der Waals surface area contributed by atoms with E-state index in [9.17, 15) is 8.78 Å². The van der Waals surface area contributed by atoms with Crippen LogP contribution in [0.2, 0.25) is 0 Å². The maximum absolute atomic E-state index is 13.7. The fraction of sp³-hybridized carbons (Fsp3) is 0.308. The molecule has 0 aliphatic rings. The number of aryl methyl sites for hydroxylation is 1. The number of hydrogen-bond donors (Lipinski definition) is 1. The summed E-state index contributed by atoms with van der Waals surface area (Å²) in [5.74, 6) is -1.10. The third kappa shape index (κ3) is 2.73. The van der Waals surface area contributed by atoms with Crippen LogP contribution in [0, 0.1) is 11.6 Å². The Morgan fingerprint density at radius 3 is 2.67 bits per heavy atom. The monoisotopic (exact) mass is 251 g/mol. The Bertz CT molecular complexity index is 537. The van der Waals surface area contributed by atoms with Crippen LogP contribution >= 0.6 is 0 Å². The van der Waals surface area contributed by atoms with Gasteiger partial charge >= 0.3 is 0 Å². The third-order valence-corrected chi connectivity index (χ3v) is 2.87. The van der Waals surface area contributed by atoms with Gasteiger partial charge in [-0.1, -0.05) is 6.07 Å². The minimum Gasteiger partial charge on any atom is -0.313 e. The van der Waals surface area contributed by atoms with Crippen molar-refractivity contribution in [2.45, 2.75) is 12.5 Å². The van der Waals surface area contributed by atoms with Gasteiger partial charge in [0.1, 0.15) is 11.6 Å². The third-order valence-electron chi connectivity index (χ3n) is 2.87. The lowest BCUT2D eigenvalue weighted by Gasteiger charge is -2.16. The zero-order chi connectivity index (χ0) is 13.1. The van der Waals surface area contributed by atoms with Crippen molar-refractivity contribution in [3.05, 3.63) is 53.4 Å². The number of hydrogen-bond acceptors (Lipinski definition) is 2. The zero-order valence-electron chi connectivity index (χ0n) is 10.3. The van der Waals surface area contributed by atoms with Crippen LogP contribution in [0.25, 0.3) is 0 Å². The van der Waals surface area contributed by atoms with E-state index in [1.54, 1.807) is 11.7 Å². The summed E-state index contributed by atoms with van der Waals surface area (Å²) in [7, 11) is 3.58. The topological polar surface area (TPSA) is 29.9 Å². The highest BCUT2D eigenvalue weighted by Crippen LogP contribution is 2.21. The summed E-state index contributed by atoms with van der Waals surface area (Å²) in [4.78, 5) is 0. The molecule has 0 radical (unpaired) electrons. The highest BCUT2D eigenvalue weighted by atomic mass is 19.1. The molecule has 2 rings (SSSR count). The molecule has 1 atom stereocenters. The first-order valence-electron chi connectivity index (χ1n) is 5.71. The highest BCUT2D eigenvalue weighted by Gasteiger charge is 2.16. The second kappa shape index (κ2) is 5.27. The van der Waals surface area contributed by atoms with Crippen molar-refractivity contribution in [2.24, 2.45) is 7.05 Å². The van der Waals surface area contributed by atoms with Crippen molar-refractivity contribution in [3.8, 4) is 0 Å². The normalized spacial score (nSPS) is 12.7. The largest absolute Gasteiger partial charge is 0.313 e. The molecule has 1 heterocycles. The second-order valence-corrected chi connectivity index (χ2v) is 4.19. The predicted octanol–water partition coefficient (Wildman–Crippen LogP) is 2.20. The summed E-state index contributed by atoms with van der Waals surface area (Å²) in [5.41, 5.74) is 1.31. The van der Waals surface area contributed by atoms with Crippen LogP contribution in [0.3, 0.4) is 0 Å². The quantitative estimate of drug-likeness (QED) is 0.902. The number of halogens is 2. The Labute approximate surface area is 104 Å². The van der Waals surface area contributed by atoms with Gasteiger partial charge in [0.05, 0.1) is 5.69 Å². The summed E-state index contributed by atoms with van der Waals surface area (Å²) < 4.78 is 28.3. The Morgan fingerprint density at radius 2 is 2.11 bits per heavy atom. The molecular weight excluding hydrogens is 236 g/mol. The molecule has 1 unspecified atom stereocenters. The summed E-state index contributed by atoms with van der Waals surface area (Å²) in [6.45, 7) is 0. The minimum atomic E-state index is -0.566. The fourth-order valence-electron chi connectivity index (χ4n) is 1.93. The van der Waals surface area contributed by atoms with Gasteiger partial charge in [-0.05, 0) is 19.2 Å². The summed E-state index contributed by atoms with van der Waals surface area (Å²) in [6.07, 6.45) is 2.39. The molecule has 0 aliphatic heterocycles. The lowest BCUT2D eigenvalue weighted by atomic mass is 10.0. The van der Waals surface area contributed by atoms with Crippen LogP contribution in [-0.4, -0.2) is 16.8 Å². The van der Waals surface area contributed by atoms with Gasteiger partial charge in [-0.3, -0.25) is 4.68 Å². The van der Waals surface area contributed by atoms with Crippen molar-refractivity contribution >= 4 is 0 Å². The van der Waals surface area contributed by atoms with Gasteiger partial charge in [-0.15, -0.1) is 0 Å². The molecule has 0 spiro atoms. The Morgan fingerprint density at radius 1 is 1.33 bits per heavy atom. The van der Waals surface area contributed by atoms with Crippen molar-refractivity contribution in [3.63, 3.8) is 0 Å². The van der Waals surface area contributed by atoms with Crippen molar-refractivity contribution in [1.82, 2.24) is 15.1 Å². The van der Waals surface area contributed by atoms with Crippen molar-refractivity contribution in [2.75, 3.05) is 7.05 Å². The molecule has 1 aromatic carbocycles. The van der Waals surface area contributed by atoms with E-state index in [1.165, 1.54) is 12.1 Å². The number of aromatic nitrogens is 2. The molecule has 0 aliphatic carbocycles. The van der Waals surface area contributed by atoms with Gasteiger partial charge in [0.15, 0.2) is 0 Å². The van der Waals surface area contributed by atoms with Crippen LogP contribution < -0.4 is 5.32 Å². The SMILES string of the molecule is CNC(Cc1ccn(C)n1)c1ccc(F)cc1F. The second-order valence-electron chi connectivity index (χ2n) is 4.19. The standard InChI is InChI=1S/C13H15F2N3/c1-16-13(8-10-5-6-18(2)17-10)11-4-3-9(14)7-12(11)15/h3-7,13,16H,8H2,1-2H3. The molecule has 0 saturated heterocycles. The molecule has 0 fully saturated rings. The van der Waals surface area contributed by atoms with Crippen molar-refractivity contribution < 1.29 is 8.78 Å². The van der Waals surface area contributed by atoms with Gasteiger partial charge in [0.2, 0.25) is 0 Å². The number of nitrogens with zero attached hydrogens (tertiary/aromatic N) is 2. The zero-order valence-corrected chi connectivity index (χ0v) is 10.3. The van der Waals surface area contributed by atoms with Crippen LogP contribution in [0.1, 0.15) is 17.3 Å². The predicted molar refractivity (Wildman–Crippen MR) is 65.1 cm³/mol. The highest BCUT2D eigenvalue weighted by molar-refractivity contribution is 5.23. The van der Waals surface area contributed by atoms with Gasteiger partial charge in [0, 0.05) is 37.3 Å². The molecule has 0 amide bonds. The molecule has 96 valence electrons. The van der Waals surface area contributed by atoms with E-state index in [4.69, 9.17) is 0 Å². The van der Waals surface area contributed by atoms with E-state index < -0.39 is 11.6 Å². The summed E-state index contributed by atoms with van der Waals surface area (Å²) in [5, 5.41) is 7.28. The minimum absolute atomic E-state index is 0.222. The lowest BCUT2D eigenvalue weighted by Crippen LogP contribution is -2.20. The molecule has 18 heavy (non-hydrogen) atoms. The lowest BCUT2D eigenvalue weighted by molar-refractivity contribution is 0.516. The van der Waals surface area contributed by atoms with Crippen LogP contribution in [0.5, 0.6) is 0 Å². The van der Waals surface area contributed by atoms with E-state index in [2.05, 4.69) is 10.4 Å². The fourth-order valence-corrected chi connectivity index (χ4v) is 1.93. The van der Waals surface area contributed by atoms with E-state index in [1.807, 2.05) is 19.3 Å². The molecule has 5 heteroatoms. The number of benzene rings is 1. The van der Waals surface area contributed by atoms with Crippen LogP contribution in [-0.2, 0) is 13.5 Å². The average molecular weight is 251 g/mol. The van der Waals surface area contributed by atoms with E-state index in [0.717, 1.165) is 11.8 Å². The first-order valence-corrected chi connectivity index (χ1v) is 5.71. The number of likely N-dealkylation sites (N-methyl/N-ethyl adjacent to an activating group) is 1. The summed E-state index contributed by atoms with van der Waals surface area (Å²) in [6, 6.07) is 5.29. The first kappa shape index (κ1) is 12.7. The van der Waals surface area contributed by atoms with Crippen LogP contribution in [0.4, 0.5) is 8.78 Å². The van der Waals surface area contributed by atoms with E-state index in [-0.39, 0.29) is 6.04 Å². The molecule has 0 saturated carbocycles. The molecule has 1 N–H and O–H groups in total. The Hall–Kier alpha value is -1.75. The smallest absolute Gasteiger partial charge is 0.130 e. The summed E-state index contributed by atoms with van der Waals surface area (Å²) >= 11 is 0. The molecular formula is C13H15F2N3. The Kier molecular flexibility index (Phi) is 3.72. The molecule has 3 nitrogen and oxygen atoms in total. The first-order chi connectivity index (χ1) is 8.60. The molecule has 1 aromatic heterocycles. The van der Waals surface area contributed by atoms with Crippen molar-refractivity contribution in [1.29, 1.82) is 0 Å². The van der Waals surface area contributed by atoms with Gasteiger partial charge in [-0.2, -0.15) is 5.10 Å². The van der Waals surface area contributed by atoms with Gasteiger partial charge in [-0.25, -0.2) is 8.78 Å². The maximum Gasteiger partial charge on any atom is 0.130 e. The number of nitrogens with one attached hydrogen (secondary N) is 1. The Balaban J connectivity index is 2.22. The van der Waals surface area contributed by atoms with E-state index in [0.29, 0.717) is 12.0 Å². The molecule has 2 aromatic rings. The van der Waals surface area contributed by atoms with Gasteiger partial charge in [0.25, 0.3) is 0 Å². The number of rotatable bonds is 4.